The highest BCUT2D eigenvalue weighted by molar-refractivity contribution is 5.82. The van der Waals surface area contributed by atoms with E-state index in [4.69, 9.17) is 4.74 Å². The summed E-state index contributed by atoms with van der Waals surface area (Å²) in [6.07, 6.45) is 3.27. The van der Waals surface area contributed by atoms with Gasteiger partial charge in [0.15, 0.2) is 0 Å². The molecule has 20 heavy (non-hydrogen) atoms. The number of nitrogens with one attached hydrogen (secondary N) is 1. The Bertz CT molecular complexity index is 416. The van der Waals surface area contributed by atoms with Crippen molar-refractivity contribution in [1.29, 1.82) is 0 Å². The molecule has 1 atom stereocenters. The van der Waals surface area contributed by atoms with E-state index in [1.807, 2.05) is 16.8 Å². The van der Waals surface area contributed by atoms with Gasteiger partial charge in [-0.3, -0.25) is 14.5 Å². The fraction of sp³-hybridized carbons (Fsp3) is 0.857. The summed E-state index contributed by atoms with van der Waals surface area (Å²) in [6.45, 7) is 2.46. The molecule has 6 nitrogen and oxygen atoms in total. The van der Waals surface area contributed by atoms with Crippen LogP contribution in [0.25, 0.3) is 0 Å². The first-order valence-corrected chi connectivity index (χ1v) is 7.39. The molecule has 1 N–H and O–H groups in total. The van der Waals surface area contributed by atoms with Crippen molar-refractivity contribution < 1.29 is 14.3 Å². The third-order valence-electron chi connectivity index (χ3n) is 4.89. The van der Waals surface area contributed by atoms with E-state index in [1.54, 1.807) is 7.05 Å². The Morgan fingerprint density at radius 1 is 1.25 bits per heavy atom. The second kappa shape index (κ2) is 5.00. The molecule has 3 rings (SSSR count). The van der Waals surface area contributed by atoms with Crippen LogP contribution in [0, 0.1) is 5.92 Å². The highest BCUT2D eigenvalue weighted by atomic mass is 16.5. The second-order valence-corrected chi connectivity index (χ2v) is 6.36. The van der Waals surface area contributed by atoms with Crippen LogP contribution >= 0.6 is 0 Å². The molecule has 1 unspecified atom stereocenters. The summed E-state index contributed by atoms with van der Waals surface area (Å²) >= 11 is 0. The zero-order valence-electron chi connectivity index (χ0n) is 12.2. The van der Waals surface area contributed by atoms with Crippen LogP contribution in [-0.4, -0.2) is 73.6 Å². The normalized spacial score (nSPS) is 29.7. The number of morpholine rings is 1. The maximum atomic E-state index is 12.1. The highest BCUT2D eigenvalue weighted by Gasteiger charge is 2.52. The van der Waals surface area contributed by atoms with E-state index < -0.39 is 0 Å². The van der Waals surface area contributed by atoms with Crippen molar-refractivity contribution in [3.8, 4) is 0 Å². The number of ether oxygens (including phenoxy) is 1. The van der Waals surface area contributed by atoms with Crippen LogP contribution < -0.4 is 5.32 Å². The number of amides is 2. The smallest absolute Gasteiger partial charge is 0.239 e. The van der Waals surface area contributed by atoms with Gasteiger partial charge in [-0.15, -0.1) is 0 Å². The molecule has 3 aliphatic rings. The maximum Gasteiger partial charge on any atom is 0.239 e. The van der Waals surface area contributed by atoms with E-state index in [1.165, 1.54) is 6.42 Å². The first-order valence-electron chi connectivity index (χ1n) is 7.39. The van der Waals surface area contributed by atoms with Crippen molar-refractivity contribution in [3.63, 3.8) is 0 Å². The summed E-state index contributed by atoms with van der Waals surface area (Å²) in [5.74, 6) is 0.540. The average molecular weight is 281 g/mol. The predicted octanol–water partition coefficient (Wildman–Crippen LogP) is -0.556. The summed E-state index contributed by atoms with van der Waals surface area (Å²) in [5.41, 5.74) is -0.251. The molecule has 2 saturated heterocycles. The van der Waals surface area contributed by atoms with Gasteiger partial charge in [0.2, 0.25) is 11.8 Å². The Balaban J connectivity index is 1.53. The lowest BCUT2D eigenvalue weighted by Gasteiger charge is -2.55. The van der Waals surface area contributed by atoms with E-state index in [9.17, 15) is 9.59 Å². The summed E-state index contributed by atoms with van der Waals surface area (Å²) in [7, 11) is 3.59. The van der Waals surface area contributed by atoms with Crippen molar-refractivity contribution in [2.24, 2.45) is 5.92 Å². The molecule has 0 radical (unpaired) electrons. The van der Waals surface area contributed by atoms with Crippen LogP contribution in [-0.2, 0) is 14.3 Å². The number of likely N-dealkylation sites (tertiary alicyclic amines) is 1. The lowest BCUT2D eigenvalue weighted by Crippen LogP contribution is -2.73. The molecule has 0 aromatic heterocycles. The quantitative estimate of drug-likeness (QED) is 0.737. The van der Waals surface area contributed by atoms with Gasteiger partial charge >= 0.3 is 0 Å². The standard InChI is InChI=1S/C14H23N3O3/c1-15-12(18)11-6-20-14(7-16(11)2)8-17(9-14)13(19)10-4-3-5-10/h10-11H,3-9H2,1-2H3,(H,15,18). The molecule has 1 aliphatic carbocycles. The van der Waals surface area contributed by atoms with Crippen LogP contribution in [0.4, 0.5) is 0 Å². The lowest BCUT2D eigenvalue weighted by molar-refractivity contribution is -0.203. The molecule has 0 aromatic rings. The zero-order chi connectivity index (χ0) is 14.3. The molecule has 1 spiro atoms. The zero-order valence-corrected chi connectivity index (χ0v) is 12.2. The van der Waals surface area contributed by atoms with E-state index in [2.05, 4.69) is 5.32 Å². The van der Waals surface area contributed by atoms with Gasteiger partial charge in [-0.1, -0.05) is 6.42 Å². The monoisotopic (exact) mass is 281 g/mol. The van der Waals surface area contributed by atoms with Gasteiger partial charge < -0.3 is 15.0 Å². The Kier molecular flexibility index (Phi) is 3.46. The number of rotatable bonds is 2. The van der Waals surface area contributed by atoms with Gasteiger partial charge in [0.25, 0.3) is 0 Å². The van der Waals surface area contributed by atoms with Crippen molar-refractivity contribution >= 4 is 11.8 Å². The third-order valence-corrected chi connectivity index (χ3v) is 4.89. The average Bonchev–Trinajstić information content (AvgIpc) is 2.32. The van der Waals surface area contributed by atoms with Gasteiger partial charge in [0.1, 0.15) is 11.6 Å². The van der Waals surface area contributed by atoms with Gasteiger partial charge in [-0.25, -0.2) is 0 Å². The van der Waals surface area contributed by atoms with Gasteiger partial charge in [0.05, 0.1) is 19.7 Å². The fourth-order valence-electron chi connectivity index (χ4n) is 3.35. The first-order chi connectivity index (χ1) is 9.54. The van der Waals surface area contributed by atoms with Crippen molar-refractivity contribution in [3.05, 3.63) is 0 Å². The van der Waals surface area contributed by atoms with E-state index in [0.29, 0.717) is 32.1 Å². The Morgan fingerprint density at radius 3 is 2.45 bits per heavy atom. The van der Waals surface area contributed by atoms with Crippen LogP contribution in [0.2, 0.25) is 0 Å². The molecular formula is C14H23N3O3. The first kappa shape index (κ1) is 13.8. The third kappa shape index (κ3) is 2.20. The van der Waals surface area contributed by atoms with Crippen molar-refractivity contribution in [1.82, 2.24) is 15.1 Å². The van der Waals surface area contributed by atoms with Crippen LogP contribution in [0.1, 0.15) is 19.3 Å². The highest BCUT2D eigenvalue weighted by Crippen LogP contribution is 2.35. The molecule has 2 amide bonds. The molecule has 112 valence electrons. The maximum absolute atomic E-state index is 12.1. The van der Waals surface area contributed by atoms with Crippen LogP contribution in [0.15, 0.2) is 0 Å². The number of carbonyl (C=O) groups excluding carboxylic acids is 2. The molecule has 0 aromatic carbocycles. The topological polar surface area (TPSA) is 61.9 Å². The second-order valence-electron chi connectivity index (χ2n) is 6.36. The number of hydrogen-bond acceptors (Lipinski definition) is 4. The minimum Gasteiger partial charge on any atom is -0.368 e. The van der Waals surface area contributed by atoms with E-state index >= 15 is 0 Å². The lowest BCUT2D eigenvalue weighted by atomic mass is 9.81. The van der Waals surface area contributed by atoms with E-state index in [0.717, 1.165) is 12.8 Å². The summed E-state index contributed by atoms with van der Waals surface area (Å²) in [6, 6.07) is -0.220. The van der Waals surface area contributed by atoms with Gasteiger partial charge in [-0.05, 0) is 19.9 Å². The van der Waals surface area contributed by atoms with Gasteiger partial charge in [0, 0.05) is 19.5 Å². The Labute approximate surface area is 119 Å². The summed E-state index contributed by atoms with van der Waals surface area (Å²) in [4.78, 5) is 27.8. The van der Waals surface area contributed by atoms with Crippen molar-refractivity contribution in [2.75, 3.05) is 40.3 Å². The molecular weight excluding hydrogens is 258 g/mol. The molecule has 3 fully saturated rings. The summed E-state index contributed by atoms with van der Waals surface area (Å²) in [5, 5.41) is 2.66. The molecule has 1 saturated carbocycles. The fourth-order valence-corrected chi connectivity index (χ4v) is 3.35. The molecule has 2 aliphatic heterocycles. The van der Waals surface area contributed by atoms with Gasteiger partial charge in [-0.2, -0.15) is 0 Å². The Morgan fingerprint density at radius 2 is 1.95 bits per heavy atom. The largest absolute Gasteiger partial charge is 0.368 e. The van der Waals surface area contributed by atoms with Crippen LogP contribution in [0.5, 0.6) is 0 Å². The molecule has 6 heteroatoms. The number of nitrogens with zero attached hydrogens (tertiary/aromatic N) is 2. The van der Waals surface area contributed by atoms with Crippen molar-refractivity contribution in [2.45, 2.75) is 30.9 Å². The number of likely N-dealkylation sites (N-methyl/N-ethyl adjacent to an activating group) is 2. The Hall–Kier alpha value is -1.14. The minimum atomic E-state index is -0.251. The predicted molar refractivity (Wildman–Crippen MR) is 73.1 cm³/mol. The molecule has 2 heterocycles. The number of carbonyl (C=O) groups is 2. The number of hydrogen-bond donors (Lipinski definition) is 1. The van der Waals surface area contributed by atoms with E-state index in [-0.39, 0.29) is 23.5 Å². The summed E-state index contributed by atoms with van der Waals surface area (Å²) < 4.78 is 5.92. The van der Waals surface area contributed by atoms with Crippen LogP contribution in [0.3, 0.4) is 0 Å². The molecule has 0 bridgehead atoms. The minimum absolute atomic E-state index is 0.0101. The SMILES string of the molecule is CNC(=O)C1COC2(CN(C(=O)C3CCC3)C2)CN1C.